The molecule has 2 fully saturated rings. The third kappa shape index (κ3) is 5.45. The molecular weight excluding hydrogens is 342 g/mol. The van der Waals surface area contributed by atoms with Crippen LogP contribution in [0.2, 0.25) is 0 Å². The zero-order chi connectivity index (χ0) is 19.2. The monoisotopic (exact) mass is 373 g/mol. The Bertz CT molecular complexity index is 643. The number of likely N-dealkylation sites (N-methyl/N-ethyl adjacent to an activating group) is 1. The molecule has 27 heavy (non-hydrogen) atoms. The second kappa shape index (κ2) is 9.22. The van der Waals surface area contributed by atoms with Crippen LogP contribution in [0.4, 0.5) is 4.79 Å². The molecule has 1 aliphatic heterocycles. The van der Waals surface area contributed by atoms with E-state index in [1.165, 1.54) is 24.8 Å². The normalized spacial score (nSPS) is 20.8. The quantitative estimate of drug-likeness (QED) is 0.804. The smallest absolute Gasteiger partial charge is 0.317 e. The van der Waals surface area contributed by atoms with E-state index < -0.39 is 5.97 Å². The summed E-state index contributed by atoms with van der Waals surface area (Å²) in [5.41, 5.74) is 2.54. The largest absolute Gasteiger partial charge is 0.480 e. The summed E-state index contributed by atoms with van der Waals surface area (Å²) < 4.78 is 0. The highest BCUT2D eigenvalue weighted by atomic mass is 16.4. The molecule has 0 radical (unpaired) electrons. The summed E-state index contributed by atoms with van der Waals surface area (Å²) in [5, 5.41) is 12.0. The van der Waals surface area contributed by atoms with Gasteiger partial charge in [-0.1, -0.05) is 30.7 Å². The van der Waals surface area contributed by atoms with Crippen LogP contribution in [-0.2, 0) is 11.3 Å². The minimum Gasteiger partial charge on any atom is -0.480 e. The molecule has 1 atom stereocenters. The van der Waals surface area contributed by atoms with E-state index in [2.05, 4.69) is 29.6 Å². The van der Waals surface area contributed by atoms with Gasteiger partial charge in [0.15, 0.2) is 0 Å². The predicted octanol–water partition coefficient (Wildman–Crippen LogP) is 3.03. The van der Waals surface area contributed by atoms with Crippen LogP contribution in [0.5, 0.6) is 0 Å². The Morgan fingerprint density at radius 2 is 1.85 bits per heavy atom. The molecule has 1 saturated carbocycles. The van der Waals surface area contributed by atoms with Crippen molar-refractivity contribution >= 4 is 12.0 Å². The standard InChI is InChI=1S/C21H31N3O3/c1-23(15-20(25)26)19-6-3-12-24(13-11-19)21(27)22-14-16-7-9-18(10-8-16)17-4-2-5-17/h7-10,17,19H,2-6,11-15H2,1H3,(H,22,27)(H,25,26). The molecule has 6 nitrogen and oxygen atoms in total. The first kappa shape index (κ1) is 19.7. The molecule has 1 unspecified atom stereocenters. The van der Waals surface area contributed by atoms with Crippen LogP contribution in [0, 0.1) is 0 Å². The van der Waals surface area contributed by atoms with Crippen LogP contribution in [0.25, 0.3) is 0 Å². The number of likely N-dealkylation sites (tertiary alicyclic amines) is 1. The van der Waals surface area contributed by atoms with E-state index in [0.29, 0.717) is 13.1 Å². The number of hydrogen-bond acceptors (Lipinski definition) is 3. The van der Waals surface area contributed by atoms with Gasteiger partial charge >= 0.3 is 12.0 Å². The number of carbonyl (C=O) groups is 2. The Labute approximate surface area is 161 Å². The maximum atomic E-state index is 12.5. The molecule has 2 amide bonds. The van der Waals surface area contributed by atoms with E-state index in [0.717, 1.165) is 37.3 Å². The first-order chi connectivity index (χ1) is 13.0. The summed E-state index contributed by atoms with van der Waals surface area (Å²) in [5.74, 6) is -0.0716. The Balaban J connectivity index is 1.44. The van der Waals surface area contributed by atoms with Gasteiger partial charge in [0.2, 0.25) is 0 Å². The molecular formula is C21H31N3O3. The number of amides is 2. The molecule has 6 heteroatoms. The molecule has 0 spiro atoms. The molecule has 0 bridgehead atoms. The van der Waals surface area contributed by atoms with Crippen molar-refractivity contribution in [3.8, 4) is 0 Å². The number of aliphatic carboxylic acids is 1. The van der Waals surface area contributed by atoms with Gasteiger partial charge in [-0.3, -0.25) is 9.69 Å². The van der Waals surface area contributed by atoms with E-state index in [-0.39, 0.29) is 18.6 Å². The number of urea groups is 1. The highest BCUT2D eigenvalue weighted by molar-refractivity contribution is 5.74. The summed E-state index contributed by atoms with van der Waals surface area (Å²) in [6.45, 7) is 1.99. The molecule has 2 N–H and O–H groups in total. The van der Waals surface area contributed by atoms with Crippen molar-refractivity contribution < 1.29 is 14.7 Å². The number of rotatable bonds is 6. The highest BCUT2D eigenvalue weighted by Gasteiger charge is 2.24. The van der Waals surface area contributed by atoms with Crippen LogP contribution in [0.1, 0.15) is 55.6 Å². The molecule has 0 aromatic heterocycles. The van der Waals surface area contributed by atoms with E-state index in [9.17, 15) is 9.59 Å². The van der Waals surface area contributed by atoms with Gasteiger partial charge in [-0.2, -0.15) is 0 Å². The third-order valence-corrected chi connectivity index (χ3v) is 5.99. The lowest BCUT2D eigenvalue weighted by Crippen LogP contribution is -2.41. The molecule has 1 aromatic rings. The van der Waals surface area contributed by atoms with Crippen molar-refractivity contribution in [2.75, 3.05) is 26.7 Å². The molecule has 3 rings (SSSR count). The highest BCUT2D eigenvalue weighted by Crippen LogP contribution is 2.36. The van der Waals surface area contributed by atoms with E-state index in [4.69, 9.17) is 5.11 Å². The maximum absolute atomic E-state index is 12.5. The van der Waals surface area contributed by atoms with Crippen molar-refractivity contribution in [2.45, 2.75) is 57.0 Å². The minimum atomic E-state index is -0.806. The predicted molar refractivity (Wildman–Crippen MR) is 105 cm³/mol. The summed E-state index contributed by atoms with van der Waals surface area (Å²) >= 11 is 0. The Kier molecular flexibility index (Phi) is 6.72. The lowest BCUT2D eigenvalue weighted by atomic mass is 9.80. The van der Waals surface area contributed by atoms with Gasteiger partial charge in [0.05, 0.1) is 6.54 Å². The number of carboxylic acid groups (broad SMARTS) is 1. The van der Waals surface area contributed by atoms with Gasteiger partial charge < -0.3 is 15.3 Å². The second-order valence-corrected chi connectivity index (χ2v) is 7.91. The summed E-state index contributed by atoms with van der Waals surface area (Å²) in [6.07, 6.45) is 6.58. The molecule has 2 aliphatic rings. The number of carboxylic acids is 1. The lowest BCUT2D eigenvalue weighted by Gasteiger charge is -2.26. The molecule has 1 aromatic carbocycles. The van der Waals surface area contributed by atoms with Crippen molar-refractivity contribution in [1.29, 1.82) is 0 Å². The first-order valence-corrected chi connectivity index (χ1v) is 10.1. The van der Waals surface area contributed by atoms with Crippen molar-refractivity contribution in [3.63, 3.8) is 0 Å². The van der Waals surface area contributed by atoms with E-state index >= 15 is 0 Å². The Morgan fingerprint density at radius 1 is 1.11 bits per heavy atom. The summed E-state index contributed by atoms with van der Waals surface area (Å²) in [4.78, 5) is 27.2. The van der Waals surface area contributed by atoms with Gasteiger partial charge in [0.1, 0.15) is 0 Å². The lowest BCUT2D eigenvalue weighted by molar-refractivity contribution is -0.138. The molecule has 1 aliphatic carbocycles. The Morgan fingerprint density at radius 3 is 2.48 bits per heavy atom. The molecule has 1 heterocycles. The van der Waals surface area contributed by atoms with Crippen LogP contribution < -0.4 is 5.32 Å². The molecule has 148 valence electrons. The minimum absolute atomic E-state index is 0.0281. The van der Waals surface area contributed by atoms with Gasteiger partial charge in [-0.15, -0.1) is 0 Å². The zero-order valence-electron chi connectivity index (χ0n) is 16.2. The van der Waals surface area contributed by atoms with Gasteiger partial charge in [-0.25, -0.2) is 4.79 Å². The van der Waals surface area contributed by atoms with Crippen LogP contribution in [0.3, 0.4) is 0 Å². The van der Waals surface area contributed by atoms with Crippen LogP contribution in [-0.4, -0.2) is 59.6 Å². The van der Waals surface area contributed by atoms with E-state index in [1.807, 2.05) is 16.8 Å². The van der Waals surface area contributed by atoms with Crippen molar-refractivity contribution in [1.82, 2.24) is 15.1 Å². The van der Waals surface area contributed by atoms with E-state index in [1.54, 1.807) is 0 Å². The van der Waals surface area contributed by atoms with Gasteiger partial charge in [0.25, 0.3) is 0 Å². The number of hydrogen-bond donors (Lipinski definition) is 2. The van der Waals surface area contributed by atoms with Gasteiger partial charge in [0, 0.05) is 25.7 Å². The van der Waals surface area contributed by atoms with Gasteiger partial charge in [-0.05, 0) is 56.2 Å². The zero-order valence-corrected chi connectivity index (χ0v) is 16.2. The first-order valence-electron chi connectivity index (χ1n) is 10.1. The number of nitrogens with one attached hydrogen (secondary N) is 1. The maximum Gasteiger partial charge on any atom is 0.317 e. The Hall–Kier alpha value is -2.08. The second-order valence-electron chi connectivity index (χ2n) is 7.91. The SMILES string of the molecule is CN(CC(=O)O)C1CCCN(C(=O)NCc2ccc(C3CCC3)cc2)CC1. The number of benzene rings is 1. The average Bonchev–Trinajstić information content (AvgIpc) is 2.85. The average molecular weight is 373 g/mol. The van der Waals surface area contributed by atoms with Crippen LogP contribution >= 0.6 is 0 Å². The van der Waals surface area contributed by atoms with Crippen molar-refractivity contribution in [3.05, 3.63) is 35.4 Å². The fourth-order valence-electron chi connectivity index (χ4n) is 4.00. The number of nitrogens with zero attached hydrogens (tertiary/aromatic N) is 2. The summed E-state index contributed by atoms with van der Waals surface area (Å²) in [6, 6.07) is 8.82. The molecule has 1 saturated heterocycles. The fraction of sp³-hybridized carbons (Fsp3) is 0.619. The fourth-order valence-corrected chi connectivity index (χ4v) is 4.00. The van der Waals surface area contributed by atoms with Crippen molar-refractivity contribution in [2.24, 2.45) is 0 Å². The topological polar surface area (TPSA) is 72.9 Å². The summed E-state index contributed by atoms with van der Waals surface area (Å²) in [7, 11) is 1.85. The van der Waals surface area contributed by atoms with Crippen LogP contribution in [0.15, 0.2) is 24.3 Å². The number of carbonyl (C=O) groups excluding carboxylic acids is 1. The third-order valence-electron chi connectivity index (χ3n) is 5.99.